The van der Waals surface area contributed by atoms with Crippen LogP contribution >= 0.6 is 23.1 Å². The molecule has 2 aromatic rings. The molecule has 0 aliphatic rings. The molecule has 1 atom stereocenters. The largest absolute Gasteiger partial charge is 0.480 e. The van der Waals surface area contributed by atoms with Gasteiger partial charge in [0.25, 0.3) is 0 Å². The van der Waals surface area contributed by atoms with Crippen LogP contribution in [0.2, 0.25) is 0 Å². The lowest BCUT2D eigenvalue weighted by Gasteiger charge is -2.08. The van der Waals surface area contributed by atoms with E-state index in [-0.39, 0.29) is 0 Å². The van der Waals surface area contributed by atoms with Crippen molar-refractivity contribution in [2.45, 2.75) is 30.5 Å². The first-order valence-electron chi connectivity index (χ1n) is 5.21. The van der Waals surface area contributed by atoms with Gasteiger partial charge < -0.3 is 5.11 Å². The van der Waals surface area contributed by atoms with Crippen LogP contribution in [-0.2, 0) is 4.79 Å². The monoisotopic (exact) mass is 268 g/mol. The lowest BCUT2D eigenvalue weighted by Crippen LogP contribution is -2.14. The summed E-state index contributed by atoms with van der Waals surface area (Å²) in [6.45, 7) is 3.86. The molecule has 0 aliphatic heterocycles. The predicted octanol–water partition coefficient (Wildman–Crippen LogP) is 2.96. The second-order valence-corrected chi connectivity index (χ2v) is 5.70. The van der Waals surface area contributed by atoms with Crippen molar-refractivity contribution in [3.8, 4) is 0 Å². The molecule has 1 N–H and O–H groups in total. The molecule has 2 rings (SSSR count). The standard InChI is InChI=1S/C11H12N2O2S2/c1-3-7(11(14)15)17-10-9-8(12-5-13-10)6(2)4-16-9/h4-5,7H,3H2,1-2H3,(H,14,15). The van der Waals surface area contributed by atoms with Crippen LogP contribution in [0.25, 0.3) is 10.2 Å². The Kier molecular flexibility index (Phi) is 3.63. The lowest BCUT2D eigenvalue weighted by atomic mass is 10.3. The van der Waals surface area contributed by atoms with Crippen molar-refractivity contribution in [2.75, 3.05) is 0 Å². The number of aryl methyl sites for hydroxylation is 1. The van der Waals surface area contributed by atoms with Gasteiger partial charge in [0, 0.05) is 0 Å². The van der Waals surface area contributed by atoms with Gasteiger partial charge in [-0.15, -0.1) is 11.3 Å². The van der Waals surface area contributed by atoms with E-state index in [0.717, 1.165) is 20.8 Å². The van der Waals surface area contributed by atoms with Crippen LogP contribution < -0.4 is 0 Å². The fraction of sp³-hybridized carbons (Fsp3) is 0.364. The highest BCUT2D eigenvalue weighted by molar-refractivity contribution is 8.00. The van der Waals surface area contributed by atoms with Gasteiger partial charge in [-0.05, 0) is 24.3 Å². The Morgan fingerprint density at radius 3 is 3.00 bits per heavy atom. The molecule has 2 aromatic heterocycles. The van der Waals surface area contributed by atoms with Crippen LogP contribution in [0, 0.1) is 6.92 Å². The van der Waals surface area contributed by atoms with E-state index in [1.807, 2.05) is 19.2 Å². The van der Waals surface area contributed by atoms with Crippen LogP contribution in [0.15, 0.2) is 16.7 Å². The number of hydrogen-bond donors (Lipinski definition) is 1. The summed E-state index contributed by atoms with van der Waals surface area (Å²) in [7, 11) is 0. The minimum Gasteiger partial charge on any atom is -0.480 e. The van der Waals surface area contributed by atoms with Gasteiger partial charge in [-0.25, -0.2) is 9.97 Å². The van der Waals surface area contributed by atoms with Gasteiger partial charge in [0.05, 0.1) is 10.2 Å². The molecule has 0 fully saturated rings. The fourth-order valence-electron chi connectivity index (χ4n) is 1.47. The SMILES string of the molecule is CCC(Sc1ncnc2c(C)csc12)C(=O)O. The van der Waals surface area contributed by atoms with Gasteiger partial charge in [-0.1, -0.05) is 18.7 Å². The topological polar surface area (TPSA) is 63.1 Å². The van der Waals surface area contributed by atoms with E-state index in [1.54, 1.807) is 11.3 Å². The Morgan fingerprint density at radius 1 is 1.59 bits per heavy atom. The number of aliphatic carboxylic acids is 1. The Labute approximate surface area is 107 Å². The van der Waals surface area contributed by atoms with E-state index in [4.69, 9.17) is 5.11 Å². The summed E-state index contributed by atoms with van der Waals surface area (Å²) in [5.41, 5.74) is 2.03. The molecule has 0 aromatic carbocycles. The van der Waals surface area contributed by atoms with Crippen molar-refractivity contribution >= 4 is 39.3 Å². The fourth-order valence-corrected chi connectivity index (χ4v) is 3.50. The van der Waals surface area contributed by atoms with Crippen molar-refractivity contribution in [3.63, 3.8) is 0 Å². The van der Waals surface area contributed by atoms with Gasteiger partial charge in [-0.2, -0.15) is 0 Å². The molecule has 6 heteroatoms. The Morgan fingerprint density at radius 2 is 2.35 bits per heavy atom. The number of fused-ring (bicyclic) bond motifs is 1. The molecule has 0 saturated carbocycles. The zero-order chi connectivity index (χ0) is 12.4. The molecular formula is C11H12N2O2S2. The summed E-state index contributed by atoms with van der Waals surface area (Å²) in [5.74, 6) is -0.794. The van der Waals surface area contributed by atoms with Crippen molar-refractivity contribution in [1.29, 1.82) is 0 Å². The van der Waals surface area contributed by atoms with E-state index in [0.29, 0.717) is 6.42 Å². The Hall–Kier alpha value is -1.14. The van der Waals surface area contributed by atoms with Crippen molar-refractivity contribution < 1.29 is 9.90 Å². The molecule has 2 heterocycles. The molecule has 90 valence electrons. The number of carboxylic acids is 1. The quantitative estimate of drug-likeness (QED) is 0.682. The van der Waals surface area contributed by atoms with E-state index in [9.17, 15) is 4.79 Å². The maximum absolute atomic E-state index is 11.0. The zero-order valence-electron chi connectivity index (χ0n) is 9.51. The maximum atomic E-state index is 11.0. The molecular weight excluding hydrogens is 256 g/mol. The van der Waals surface area contributed by atoms with E-state index < -0.39 is 11.2 Å². The molecule has 0 radical (unpaired) electrons. The van der Waals surface area contributed by atoms with E-state index in [2.05, 4.69) is 9.97 Å². The zero-order valence-corrected chi connectivity index (χ0v) is 11.1. The minimum absolute atomic E-state index is 0.449. The van der Waals surface area contributed by atoms with Crippen LogP contribution in [0.5, 0.6) is 0 Å². The molecule has 17 heavy (non-hydrogen) atoms. The summed E-state index contributed by atoms with van der Waals surface area (Å²) in [4.78, 5) is 19.4. The van der Waals surface area contributed by atoms with E-state index >= 15 is 0 Å². The predicted molar refractivity (Wildman–Crippen MR) is 69.7 cm³/mol. The summed E-state index contributed by atoms with van der Waals surface area (Å²) in [6.07, 6.45) is 2.08. The molecule has 0 amide bonds. The van der Waals surface area contributed by atoms with Crippen LogP contribution in [0.4, 0.5) is 0 Å². The third-order valence-corrected chi connectivity index (χ3v) is 4.97. The molecule has 0 aliphatic carbocycles. The summed E-state index contributed by atoms with van der Waals surface area (Å²) in [5, 5.41) is 11.4. The summed E-state index contributed by atoms with van der Waals surface area (Å²) in [6, 6.07) is 0. The number of carbonyl (C=O) groups is 1. The second kappa shape index (κ2) is 5.01. The maximum Gasteiger partial charge on any atom is 0.317 e. The van der Waals surface area contributed by atoms with Crippen LogP contribution in [-0.4, -0.2) is 26.3 Å². The van der Waals surface area contributed by atoms with E-state index in [1.165, 1.54) is 18.1 Å². The number of rotatable bonds is 4. The van der Waals surface area contributed by atoms with Gasteiger partial charge >= 0.3 is 5.97 Å². The third-order valence-electron chi connectivity index (χ3n) is 2.40. The van der Waals surface area contributed by atoms with Crippen molar-refractivity contribution in [1.82, 2.24) is 9.97 Å². The molecule has 4 nitrogen and oxygen atoms in total. The number of nitrogens with zero attached hydrogens (tertiary/aromatic N) is 2. The van der Waals surface area contributed by atoms with Gasteiger partial charge in [0.15, 0.2) is 0 Å². The van der Waals surface area contributed by atoms with Crippen molar-refractivity contribution in [2.24, 2.45) is 0 Å². The van der Waals surface area contributed by atoms with Gasteiger partial charge in [0.2, 0.25) is 0 Å². The Balaban J connectivity index is 2.38. The highest BCUT2D eigenvalue weighted by Gasteiger charge is 2.19. The molecule has 1 unspecified atom stereocenters. The first kappa shape index (κ1) is 12.3. The normalized spacial score (nSPS) is 12.8. The molecule has 0 bridgehead atoms. The average molecular weight is 268 g/mol. The highest BCUT2D eigenvalue weighted by atomic mass is 32.2. The number of carboxylic acid groups (broad SMARTS) is 1. The number of thioether (sulfide) groups is 1. The summed E-state index contributed by atoms with van der Waals surface area (Å²) < 4.78 is 0.981. The van der Waals surface area contributed by atoms with Gasteiger partial charge in [0.1, 0.15) is 16.6 Å². The Bertz CT molecular complexity index is 553. The number of hydrogen-bond acceptors (Lipinski definition) is 5. The average Bonchev–Trinajstić information content (AvgIpc) is 2.69. The summed E-state index contributed by atoms with van der Waals surface area (Å²) >= 11 is 2.87. The smallest absolute Gasteiger partial charge is 0.317 e. The first-order valence-corrected chi connectivity index (χ1v) is 6.97. The second-order valence-electron chi connectivity index (χ2n) is 3.63. The number of thiophene rings is 1. The van der Waals surface area contributed by atoms with Crippen molar-refractivity contribution in [3.05, 3.63) is 17.3 Å². The van der Waals surface area contributed by atoms with Crippen LogP contribution in [0.1, 0.15) is 18.9 Å². The lowest BCUT2D eigenvalue weighted by molar-refractivity contribution is -0.136. The minimum atomic E-state index is -0.794. The highest BCUT2D eigenvalue weighted by Crippen LogP contribution is 2.34. The molecule has 0 saturated heterocycles. The molecule has 0 spiro atoms. The number of aromatic nitrogens is 2. The van der Waals surface area contributed by atoms with Gasteiger partial charge in [-0.3, -0.25) is 4.79 Å². The van der Waals surface area contributed by atoms with Crippen LogP contribution in [0.3, 0.4) is 0 Å². The first-order chi connectivity index (χ1) is 8.13. The third kappa shape index (κ3) is 2.42.